The Morgan fingerprint density at radius 2 is 1.75 bits per heavy atom. The van der Waals surface area contributed by atoms with Crippen molar-refractivity contribution >= 4 is 34.8 Å². The number of nitrogens with one attached hydrogen (secondary N) is 2. The molecule has 2 aromatic rings. The van der Waals surface area contributed by atoms with Crippen LogP contribution in [0.25, 0.3) is 0 Å². The van der Waals surface area contributed by atoms with E-state index < -0.39 is 0 Å². The lowest BCUT2D eigenvalue weighted by atomic mass is 10.1. The van der Waals surface area contributed by atoms with Gasteiger partial charge in [0, 0.05) is 29.5 Å². The molecular formula is C22H26ClN3O2. The van der Waals surface area contributed by atoms with E-state index in [-0.39, 0.29) is 18.4 Å². The predicted octanol–water partition coefficient (Wildman–Crippen LogP) is 4.63. The van der Waals surface area contributed by atoms with Gasteiger partial charge in [-0.15, -0.1) is 0 Å². The Bertz CT molecular complexity index is 876. The summed E-state index contributed by atoms with van der Waals surface area (Å²) >= 11 is 6.12. The summed E-state index contributed by atoms with van der Waals surface area (Å²) in [5.74, 6) is -0.201. The van der Waals surface area contributed by atoms with Gasteiger partial charge in [-0.2, -0.15) is 0 Å². The van der Waals surface area contributed by atoms with Crippen LogP contribution in [0, 0.1) is 13.8 Å². The molecule has 0 saturated carbocycles. The van der Waals surface area contributed by atoms with Crippen molar-refractivity contribution in [3.63, 3.8) is 0 Å². The third-order valence-corrected chi connectivity index (χ3v) is 5.32. The van der Waals surface area contributed by atoms with E-state index in [2.05, 4.69) is 10.6 Å². The normalized spacial score (nSPS) is 13.9. The second-order valence-corrected chi connectivity index (χ2v) is 7.68. The quantitative estimate of drug-likeness (QED) is 0.770. The summed E-state index contributed by atoms with van der Waals surface area (Å²) in [6, 6.07) is 10.9. The number of rotatable bonds is 5. The van der Waals surface area contributed by atoms with Crippen LogP contribution in [0.1, 0.15) is 40.7 Å². The van der Waals surface area contributed by atoms with Crippen molar-refractivity contribution in [2.75, 3.05) is 30.3 Å². The number of benzene rings is 2. The number of halogens is 1. The van der Waals surface area contributed by atoms with Crippen LogP contribution in [0.15, 0.2) is 36.4 Å². The molecule has 28 heavy (non-hydrogen) atoms. The van der Waals surface area contributed by atoms with E-state index in [1.807, 2.05) is 36.9 Å². The number of hydrogen-bond acceptors (Lipinski definition) is 3. The molecule has 1 aliphatic heterocycles. The van der Waals surface area contributed by atoms with Gasteiger partial charge < -0.3 is 15.5 Å². The molecule has 2 N–H and O–H groups in total. The molecule has 2 aromatic carbocycles. The lowest BCUT2D eigenvalue weighted by Crippen LogP contribution is -2.36. The summed E-state index contributed by atoms with van der Waals surface area (Å²) in [5.41, 5.74) is 4.18. The first-order valence-corrected chi connectivity index (χ1v) is 10.0. The fourth-order valence-corrected chi connectivity index (χ4v) is 3.49. The van der Waals surface area contributed by atoms with Crippen LogP contribution in [0.4, 0.5) is 11.4 Å². The average molecular weight is 400 g/mol. The second-order valence-electron chi connectivity index (χ2n) is 7.24. The topological polar surface area (TPSA) is 61.4 Å². The molecule has 148 valence electrons. The molecular weight excluding hydrogens is 374 g/mol. The summed E-state index contributed by atoms with van der Waals surface area (Å²) in [6.45, 7) is 5.63. The Morgan fingerprint density at radius 1 is 1.00 bits per heavy atom. The minimum atomic E-state index is -0.181. The molecule has 0 radical (unpaired) electrons. The smallest absolute Gasteiger partial charge is 0.255 e. The molecule has 1 aliphatic rings. The highest BCUT2D eigenvalue weighted by Gasteiger charge is 2.21. The molecule has 0 atom stereocenters. The largest absolute Gasteiger partial charge is 0.375 e. The molecule has 3 rings (SSSR count). The Kier molecular flexibility index (Phi) is 6.57. The Balaban J connectivity index is 1.67. The minimum Gasteiger partial charge on any atom is -0.375 e. The number of hydrogen-bond donors (Lipinski definition) is 2. The summed E-state index contributed by atoms with van der Waals surface area (Å²) in [4.78, 5) is 27.1. The zero-order valence-corrected chi connectivity index (χ0v) is 17.1. The van der Waals surface area contributed by atoms with Crippen molar-refractivity contribution in [3.05, 3.63) is 58.1 Å². The van der Waals surface area contributed by atoms with Gasteiger partial charge in [0.05, 0.1) is 12.1 Å². The summed E-state index contributed by atoms with van der Waals surface area (Å²) < 4.78 is 0. The molecule has 1 saturated heterocycles. The Hall–Kier alpha value is -2.53. The first kappa shape index (κ1) is 20.2. The number of likely N-dealkylation sites (tertiary alicyclic amines) is 1. The highest BCUT2D eigenvalue weighted by molar-refractivity contribution is 6.31. The molecule has 2 amide bonds. The molecule has 0 spiro atoms. The fourth-order valence-electron chi connectivity index (χ4n) is 3.32. The number of carbonyl (C=O) groups is 2. The molecule has 5 nitrogen and oxygen atoms in total. The van der Waals surface area contributed by atoms with E-state index in [4.69, 9.17) is 11.6 Å². The van der Waals surface area contributed by atoms with Gasteiger partial charge >= 0.3 is 0 Å². The van der Waals surface area contributed by atoms with E-state index in [1.165, 1.54) is 5.56 Å². The number of carbonyl (C=O) groups excluding carboxylic acids is 2. The van der Waals surface area contributed by atoms with E-state index in [1.54, 1.807) is 18.2 Å². The van der Waals surface area contributed by atoms with Crippen molar-refractivity contribution in [2.45, 2.75) is 33.1 Å². The highest BCUT2D eigenvalue weighted by atomic mass is 35.5. The highest BCUT2D eigenvalue weighted by Crippen LogP contribution is 2.24. The number of amides is 2. The number of nitrogens with zero attached hydrogens (tertiary/aromatic N) is 1. The number of anilines is 2. The lowest BCUT2D eigenvalue weighted by Gasteiger charge is -2.27. The first-order chi connectivity index (χ1) is 13.4. The molecule has 1 heterocycles. The zero-order valence-electron chi connectivity index (χ0n) is 16.3. The summed E-state index contributed by atoms with van der Waals surface area (Å²) in [6.07, 6.45) is 3.22. The summed E-state index contributed by atoms with van der Waals surface area (Å²) in [7, 11) is 0. The van der Waals surface area contributed by atoms with E-state index in [9.17, 15) is 9.59 Å². The van der Waals surface area contributed by atoms with Crippen molar-refractivity contribution in [1.82, 2.24) is 4.90 Å². The minimum absolute atomic E-state index is 0.0200. The number of piperidine rings is 1. The summed E-state index contributed by atoms with van der Waals surface area (Å²) in [5, 5.41) is 6.47. The molecule has 1 fully saturated rings. The van der Waals surface area contributed by atoms with Crippen LogP contribution in [-0.2, 0) is 4.79 Å². The fraction of sp³-hybridized carbons (Fsp3) is 0.364. The monoisotopic (exact) mass is 399 g/mol. The van der Waals surface area contributed by atoms with Crippen LogP contribution in [-0.4, -0.2) is 36.3 Å². The van der Waals surface area contributed by atoms with Gasteiger partial charge in [-0.25, -0.2) is 0 Å². The Morgan fingerprint density at radius 3 is 2.46 bits per heavy atom. The molecule has 6 heteroatoms. The van der Waals surface area contributed by atoms with Crippen LogP contribution in [0.2, 0.25) is 5.02 Å². The van der Waals surface area contributed by atoms with Gasteiger partial charge in [-0.3, -0.25) is 9.59 Å². The first-order valence-electron chi connectivity index (χ1n) is 9.64. The third-order valence-electron chi connectivity index (χ3n) is 5.09. The molecule has 0 aliphatic carbocycles. The van der Waals surface area contributed by atoms with Crippen LogP contribution < -0.4 is 10.6 Å². The van der Waals surface area contributed by atoms with E-state index in [0.717, 1.165) is 43.6 Å². The maximum atomic E-state index is 12.9. The zero-order chi connectivity index (χ0) is 20.1. The van der Waals surface area contributed by atoms with Crippen LogP contribution in [0.3, 0.4) is 0 Å². The SMILES string of the molecule is Cc1ccc(NC(=O)CNc2cc(Cl)ccc2C(=O)N2CCCCC2)cc1C. The van der Waals surface area contributed by atoms with E-state index >= 15 is 0 Å². The van der Waals surface area contributed by atoms with Crippen molar-refractivity contribution < 1.29 is 9.59 Å². The van der Waals surface area contributed by atoms with Crippen LogP contribution in [0.5, 0.6) is 0 Å². The van der Waals surface area contributed by atoms with Crippen LogP contribution >= 0.6 is 11.6 Å². The van der Waals surface area contributed by atoms with Crippen molar-refractivity contribution in [3.8, 4) is 0 Å². The second kappa shape index (κ2) is 9.11. The van der Waals surface area contributed by atoms with Gasteiger partial charge in [0.15, 0.2) is 0 Å². The van der Waals surface area contributed by atoms with Gasteiger partial charge in [0.1, 0.15) is 0 Å². The standard InChI is InChI=1S/C22H26ClN3O2/c1-15-6-8-18(12-16(15)2)25-21(27)14-24-20-13-17(23)7-9-19(20)22(28)26-10-4-3-5-11-26/h6-9,12-13,24H,3-5,10-11,14H2,1-2H3,(H,25,27). The molecule has 0 bridgehead atoms. The average Bonchev–Trinajstić information content (AvgIpc) is 2.69. The van der Waals surface area contributed by atoms with Crippen molar-refractivity contribution in [1.29, 1.82) is 0 Å². The van der Waals surface area contributed by atoms with Gasteiger partial charge in [-0.05, 0) is 74.6 Å². The maximum absolute atomic E-state index is 12.9. The maximum Gasteiger partial charge on any atom is 0.255 e. The lowest BCUT2D eigenvalue weighted by molar-refractivity contribution is -0.114. The van der Waals surface area contributed by atoms with Gasteiger partial charge in [0.2, 0.25) is 5.91 Å². The predicted molar refractivity (Wildman–Crippen MR) is 114 cm³/mol. The third kappa shape index (κ3) is 5.04. The molecule has 0 aromatic heterocycles. The molecule has 0 unspecified atom stereocenters. The van der Waals surface area contributed by atoms with Gasteiger partial charge in [0.25, 0.3) is 5.91 Å². The van der Waals surface area contributed by atoms with Crippen molar-refractivity contribution in [2.24, 2.45) is 0 Å². The van der Waals surface area contributed by atoms with E-state index in [0.29, 0.717) is 16.3 Å². The Labute approximate surface area is 171 Å². The van der Waals surface area contributed by atoms with Gasteiger partial charge in [-0.1, -0.05) is 17.7 Å². The number of aryl methyl sites for hydroxylation is 2.